The second kappa shape index (κ2) is 5.45. The summed E-state index contributed by atoms with van der Waals surface area (Å²) in [6.45, 7) is 3.41. The Morgan fingerprint density at radius 2 is 2.17 bits per heavy atom. The van der Waals surface area contributed by atoms with Gasteiger partial charge in [0, 0.05) is 6.61 Å². The predicted molar refractivity (Wildman–Crippen MR) is 49.4 cm³/mol. The molecule has 1 rings (SSSR count). The molecular weight excluding hydrogens is 196 g/mol. The van der Waals surface area contributed by atoms with Gasteiger partial charge in [-0.1, -0.05) is 18.3 Å². The molecule has 68 valence electrons. The van der Waals surface area contributed by atoms with Gasteiger partial charge in [-0.3, -0.25) is 0 Å². The van der Waals surface area contributed by atoms with E-state index in [1.807, 2.05) is 0 Å². The molecule has 0 atom stereocenters. The van der Waals surface area contributed by atoms with Crippen LogP contribution in [0.4, 0.5) is 0 Å². The van der Waals surface area contributed by atoms with Crippen LogP contribution in [0, 0.1) is 0 Å². The molecule has 0 bridgehead atoms. The summed E-state index contributed by atoms with van der Waals surface area (Å²) in [5.74, 6) is 0.436. The van der Waals surface area contributed by atoms with Crippen molar-refractivity contribution in [2.75, 3.05) is 6.61 Å². The number of halogens is 1. The minimum atomic E-state index is 0.436. The van der Waals surface area contributed by atoms with Crippen LogP contribution in [0.2, 0.25) is 0 Å². The van der Waals surface area contributed by atoms with Crippen molar-refractivity contribution < 1.29 is 4.74 Å². The van der Waals surface area contributed by atoms with Crippen LogP contribution in [0.1, 0.15) is 23.4 Å². The molecular formula is C7H11ClN2OS. The molecule has 3 nitrogen and oxygen atoms in total. The lowest BCUT2D eigenvalue weighted by Crippen LogP contribution is -1.92. The van der Waals surface area contributed by atoms with Crippen molar-refractivity contribution in [3.8, 4) is 0 Å². The SMILES string of the molecule is CCCOCc1nnc(CCl)s1. The van der Waals surface area contributed by atoms with E-state index in [0.29, 0.717) is 12.5 Å². The maximum absolute atomic E-state index is 5.57. The van der Waals surface area contributed by atoms with E-state index in [2.05, 4.69) is 17.1 Å². The molecule has 0 N–H and O–H groups in total. The maximum atomic E-state index is 5.57. The molecule has 1 aromatic heterocycles. The van der Waals surface area contributed by atoms with E-state index in [1.165, 1.54) is 11.3 Å². The van der Waals surface area contributed by atoms with Crippen molar-refractivity contribution in [2.24, 2.45) is 0 Å². The Morgan fingerprint density at radius 1 is 1.42 bits per heavy atom. The van der Waals surface area contributed by atoms with Gasteiger partial charge in [0.05, 0.1) is 5.88 Å². The largest absolute Gasteiger partial charge is 0.374 e. The number of aromatic nitrogens is 2. The first-order valence-electron chi connectivity index (χ1n) is 3.81. The fourth-order valence-corrected chi connectivity index (χ4v) is 1.55. The third-order valence-corrected chi connectivity index (χ3v) is 2.51. The molecule has 12 heavy (non-hydrogen) atoms. The molecule has 1 aromatic rings. The molecule has 0 aliphatic heterocycles. The van der Waals surface area contributed by atoms with E-state index in [1.54, 1.807) is 0 Å². The lowest BCUT2D eigenvalue weighted by atomic mass is 10.5. The van der Waals surface area contributed by atoms with E-state index < -0.39 is 0 Å². The molecule has 0 unspecified atom stereocenters. The lowest BCUT2D eigenvalue weighted by molar-refractivity contribution is 0.121. The highest BCUT2D eigenvalue weighted by molar-refractivity contribution is 7.11. The Kier molecular flexibility index (Phi) is 4.50. The zero-order valence-electron chi connectivity index (χ0n) is 6.92. The summed E-state index contributed by atoms with van der Waals surface area (Å²) in [4.78, 5) is 0. The maximum Gasteiger partial charge on any atom is 0.143 e. The molecule has 0 radical (unpaired) electrons. The first-order chi connectivity index (χ1) is 5.86. The first kappa shape index (κ1) is 9.89. The zero-order chi connectivity index (χ0) is 8.81. The quantitative estimate of drug-likeness (QED) is 0.547. The Balaban J connectivity index is 2.31. The molecule has 0 fully saturated rings. The predicted octanol–water partition coefficient (Wildman–Crippen LogP) is 2.20. The van der Waals surface area contributed by atoms with Crippen molar-refractivity contribution in [2.45, 2.75) is 25.8 Å². The minimum absolute atomic E-state index is 0.436. The minimum Gasteiger partial charge on any atom is -0.374 e. The van der Waals surface area contributed by atoms with Crippen molar-refractivity contribution in [1.29, 1.82) is 0 Å². The highest BCUT2D eigenvalue weighted by Gasteiger charge is 2.01. The molecule has 0 aliphatic rings. The standard InChI is InChI=1S/C7H11ClN2OS/c1-2-3-11-5-7-10-9-6(4-8)12-7/h2-5H2,1H3. The van der Waals surface area contributed by atoms with Gasteiger partial charge in [0.15, 0.2) is 0 Å². The summed E-state index contributed by atoms with van der Waals surface area (Å²) >= 11 is 7.07. The lowest BCUT2D eigenvalue weighted by Gasteiger charge is -1.95. The van der Waals surface area contributed by atoms with E-state index >= 15 is 0 Å². The molecule has 0 saturated carbocycles. The smallest absolute Gasteiger partial charge is 0.143 e. The Bertz CT molecular complexity index is 229. The van der Waals surface area contributed by atoms with E-state index in [9.17, 15) is 0 Å². The Hall–Kier alpha value is -0.190. The third kappa shape index (κ3) is 3.05. The van der Waals surface area contributed by atoms with Gasteiger partial charge >= 0.3 is 0 Å². The summed E-state index contributed by atoms with van der Waals surface area (Å²) in [7, 11) is 0. The summed E-state index contributed by atoms with van der Waals surface area (Å²) in [5.41, 5.74) is 0. The van der Waals surface area contributed by atoms with Gasteiger partial charge in [0.2, 0.25) is 0 Å². The van der Waals surface area contributed by atoms with Crippen LogP contribution in [0.3, 0.4) is 0 Å². The van der Waals surface area contributed by atoms with Crippen LogP contribution in [0.15, 0.2) is 0 Å². The topological polar surface area (TPSA) is 35.0 Å². The first-order valence-corrected chi connectivity index (χ1v) is 5.17. The van der Waals surface area contributed by atoms with Crippen LogP contribution in [0.25, 0.3) is 0 Å². The number of hydrogen-bond acceptors (Lipinski definition) is 4. The second-order valence-electron chi connectivity index (χ2n) is 2.28. The number of nitrogens with zero attached hydrogens (tertiary/aromatic N) is 2. The van der Waals surface area contributed by atoms with Crippen LogP contribution >= 0.6 is 22.9 Å². The average Bonchev–Trinajstić information content (AvgIpc) is 2.53. The molecule has 0 amide bonds. The Labute approximate surface area is 80.7 Å². The van der Waals surface area contributed by atoms with Crippen LogP contribution < -0.4 is 0 Å². The van der Waals surface area contributed by atoms with E-state index in [4.69, 9.17) is 16.3 Å². The number of rotatable bonds is 5. The van der Waals surface area contributed by atoms with Crippen molar-refractivity contribution >= 4 is 22.9 Å². The summed E-state index contributed by atoms with van der Waals surface area (Å²) in [5, 5.41) is 9.54. The number of hydrogen-bond donors (Lipinski definition) is 0. The van der Waals surface area contributed by atoms with Crippen LogP contribution in [0.5, 0.6) is 0 Å². The van der Waals surface area contributed by atoms with Crippen molar-refractivity contribution in [3.63, 3.8) is 0 Å². The Morgan fingerprint density at radius 3 is 2.75 bits per heavy atom. The monoisotopic (exact) mass is 206 g/mol. The highest BCUT2D eigenvalue weighted by atomic mass is 35.5. The fraction of sp³-hybridized carbons (Fsp3) is 0.714. The molecule has 0 saturated heterocycles. The third-order valence-electron chi connectivity index (χ3n) is 1.20. The highest BCUT2D eigenvalue weighted by Crippen LogP contribution is 2.12. The summed E-state index contributed by atoms with van der Waals surface area (Å²) in [6.07, 6.45) is 1.03. The van der Waals surface area contributed by atoms with Gasteiger partial charge in [-0.05, 0) is 6.42 Å². The molecule has 0 aromatic carbocycles. The number of ether oxygens (including phenoxy) is 1. The number of alkyl halides is 1. The van der Waals surface area contributed by atoms with Crippen molar-refractivity contribution in [3.05, 3.63) is 10.0 Å². The second-order valence-corrected chi connectivity index (χ2v) is 3.69. The van der Waals surface area contributed by atoms with Gasteiger partial charge in [-0.2, -0.15) is 0 Å². The van der Waals surface area contributed by atoms with Gasteiger partial charge < -0.3 is 4.74 Å². The van der Waals surface area contributed by atoms with Crippen LogP contribution in [-0.2, 0) is 17.2 Å². The molecule has 1 heterocycles. The van der Waals surface area contributed by atoms with E-state index in [-0.39, 0.29) is 0 Å². The average molecular weight is 207 g/mol. The van der Waals surface area contributed by atoms with Gasteiger partial charge in [0.1, 0.15) is 16.6 Å². The summed E-state index contributed by atoms with van der Waals surface area (Å²) in [6, 6.07) is 0. The summed E-state index contributed by atoms with van der Waals surface area (Å²) < 4.78 is 5.29. The zero-order valence-corrected chi connectivity index (χ0v) is 8.49. The molecule has 0 aliphatic carbocycles. The normalized spacial score (nSPS) is 10.5. The van der Waals surface area contributed by atoms with Gasteiger partial charge in [-0.15, -0.1) is 21.8 Å². The van der Waals surface area contributed by atoms with Crippen LogP contribution in [-0.4, -0.2) is 16.8 Å². The van der Waals surface area contributed by atoms with E-state index in [0.717, 1.165) is 23.0 Å². The molecule has 5 heteroatoms. The van der Waals surface area contributed by atoms with Gasteiger partial charge in [-0.25, -0.2) is 0 Å². The fourth-order valence-electron chi connectivity index (χ4n) is 0.705. The van der Waals surface area contributed by atoms with Gasteiger partial charge in [0.25, 0.3) is 0 Å². The molecule has 0 spiro atoms. The van der Waals surface area contributed by atoms with Crippen molar-refractivity contribution in [1.82, 2.24) is 10.2 Å².